The summed E-state index contributed by atoms with van der Waals surface area (Å²) in [5.74, 6) is -0.106. The van der Waals surface area contributed by atoms with Crippen molar-refractivity contribution in [3.63, 3.8) is 0 Å². The fourth-order valence-corrected chi connectivity index (χ4v) is 2.24. The smallest absolute Gasteiger partial charge is 0.314 e. The van der Waals surface area contributed by atoms with E-state index in [1.165, 1.54) is 14.2 Å². The van der Waals surface area contributed by atoms with Gasteiger partial charge >= 0.3 is 11.8 Å². The van der Waals surface area contributed by atoms with Crippen molar-refractivity contribution in [1.29, 1.82) is 0 Å². The minimum atomic E-state index is -0.764. The molecule has 0 fully saturated rings. The van der Waals surface area contributed by atoms with E-state index in [0.29, 0.717) is 28.8 Å². The van der Waals surface area contributed by atoms with Gasteiger partial charge in [-0.3, -0.25) is 9.59 Å². The summed E-state index contributed by atoms with van der Waals surface area (Å²) >= 11 is 0. The number of methoxy groups -OCH3 is 2. The molecule has 2 N–H and O–H groups in total. The summed E-state index contributed by atoms with van der Waals surface area (Å²) in [6, 6.07) is 12.3. The van der Waals surface area contributed by atoms with Gasteiger partial charge in [-0.15, -0.1) is 0 Å². The molecule has 0 aliphatic rings. The van der Waals surface area contributed by atoms with Crippen LogP contribution in [-0.4, -0.2) is 26.0 Å². The van der Waals surface area contributed by atoms with Gasteiger partial charge in [-0.2, -0.15) is 0 Å². The highest BCUT2D eigenvalue weighted by Gasteiger charge is 2.15. The van der Waals surface area contributed by atoms with Crippen molar-refractivity contribution in [1.82, 2.24) is 0 Å². The highest BCUT2D eigenvalue weighted by atomic mass is 16.5. The zero-order valence-corrected chi connectivity index (χ0v) is 14.8. The fraction of sp³-hybridized carbons (Fsp3) is 0.263. The molecule has 0 radical (unpaired) electrons. The van der Waals surface area contributed by atoms with Crippen LogP contribution < -0.4 is 20.1 Å². The molecule has 2 aromatic carbocycles. The first kappa shape index (κ1) is 18.3. The second-order valence-corrected chi connectivity index (χ2v) is 5.75. The molecule has 0 spiro atoms. The molecule has 0 aliphatic carbocycles. The van der Waals surface area contributed by atoms with Crippen molar-refractivity contribution in [3.05, 3.63) is 48.0 Å². The maximum atomic E-state index is 12.1. The number of benzene rings is 2. The average molecular weight is 342 g/mol. The van der Waals surface area contributed by atoms with Crippen LogP contribution in [0, 0.1) is 0 Å². The summed E-state index contributed by atoms with van der Waals surface area (Å²) < 4.78 is 10.3. The van der Waals surface area contributed by atoms with Gasteiger partial charge in [0.05, 0.1) is 14.2 Å². The molecule has 2 aromatic rings. The van der Waals surface area contributed by atoms with Gasteiger partial charge in [-0.25, -0.2) is 0 Å². The number of rotatable bonds is 5. The lowest BCUT2D eigenvalue weighted by Gasteiger charge is -2.11. The van der Waals surface area contributed by atoms with Crippen LogP contribution in [0.5, 0.6) is 11.5 Å². The topological polar surface area (TPSA) is 76.7 Å². The number of ether oxygens (including phenoxy) is 2. The summed E-state index contributed by atoms with van der Waals surface area (Å²) in [5, 5.41) is 5.10. The zero-order chi connectivity index (χ0) is 18.4. The van der Waals surface area contributed by atoms with Gasteiger partial charge in [0.1, 0.15) is 0 Å². The normalized spacial score (nSPS) is 10.3. The molecule has 0 aliphatic heterocycles. The fourth-order valence-electron chi connectivity index (χ4n) is 2.24. The maximum absolute atomic E-state index is 12.1. The summed E-state index contributed by atoms with van der Waals surface area (Å²) in [4.78, 5) is 24.1. The summed E-state index contributed by atoms with van der Waals surface area (Å²) in [5.41, 5.74) is 2.16. The van der Waals surface area contributed by atoms with E-state index in [4.69, 9.17) is 9.47 Å². The molecule has 6 heteroatoms. The number of hydrogen-bond acceptors (Lipinski definition) is 4. The zero-order valence-electron chi connectivity index (χ0n) is 14.8. The number of nitrogens with one attached hydrogen (secondary N) is 2. The molecule has 0 saturated heterocycles. The minimum absolute atomic E-state index is 0.401. The van der Waals surface area contributed by atoms with Crippen molar-refractivity contribution >= 4 is 23.2 Å². The van der Waals surface area contributed by atoms with Crippen LogP contribution in [0.4, 0.5) is 11.4 Å². The summed E-state index contributed by atoms with van der Waals surface area (Å²) in [6.45, 7) is 4.17. The van der Waals surface area contributed by atoms with Crippen molar-refractivity contribution in [2.75, 3.05) is 24.9 Å². The molecule has 25 heavy (non-hydrogen) atoms. The highest BCUT2D eigenvalue weighted by molar-refractivity contribution is 6.43. The molecule has 0 bridgehead atoms. The Morgan fingerprint density at radius 3 is 1.84 bits per heavy atom. The Morgan fingerprint density at radius 2 is 1.32 bits per heavy atom. The van der Waals surface area contributed by atoms with Crippen LogP contribution in [0.25, 0.3) is 0 Å². The Morgan fingerprint density at radius 1 is 0.800 bits per heavy atom. The molecule has 6 nitrogen and oxygen atoms in total. The van der Waals surface area contributed by atoms with Gasteiger partial charge in [0, 0.05) is 17.4 Å². The van der Waals surface area contributed by atoms with Crippen molar-refractivity contribution < 1.29 is 19.1 Å². The van der Waals surface area contributed by atoms with E-state index in [0.717, 1.165) is 5.56 Å². The van der Waals surface area contributed by atoms with E-state index < -0.39 is 11.8 Å². The van der Waals surface area contributed by atoms with Crippen molar-refractivity contribution in [2.24, 2.45) is 0 Å². The molecule has 0 unspecified atom stereocenters. The van der Waals surface area contributed by atoms with Gasteiger partial charge in [0.15, 0.2) is 11.5 Å². The van der Waals surface area contributed by atoms with Gasteiger partial charge in [-0.05, 0) is 35.7 Å². The van der Waals surface area contributed by atoms with Crippen LogP contribution >= 0.6 is 0 Å². The highest BCUT2D eigenvalue weighted by Crippen LogP contribution is 2.29. The summed E-state index contributed by atoms with van der Waals surface area (Å²) in [7, 11) is 3.02. The van der Waals surface area contributed by atoms with Crippen LogP contribution in [-0.2, 0) is 9.59 Å². The van der Waals surface area contributed by atoms with E-state index in [-0.39, 0.29) is 0 Å². The van der Waals surface area contributed by atoms with Gasteiger partial charge in [-0.1, -0.05) is 26.0 Å². The Balaban J connectivity index is 2.01. The monoisotopic (exact) mass is 342 g/mol. The number of anilines is 2. The lowest BCUT2D eigenvalue weighted by Crippen LogP contribution is -2.29. The Bertz CT molecular complexity index is 755. The Hall–Kier alpha value is -3.02. The lowest BCUT2D eigenvalue weighted by molar-refractivity contribution is -0.132. The van der Waals surface area contributed by atoms with Crippen molar-refractivity contribution in [3.8, 4) is 11.5 Å². The van der Waals surface area contributed by atoms with Gasteiger partial charge in [0.2, 0.25) is 0 Å². The van der Waals surface area contributed by atoms with Crippen molar-refractivity contribution in [2.45, 2.75) is 19.8 Å². The van der Waals surface area contributed by atoms with E-state index >= 15 is 0 Å². The molecular weight excluding hydrogens is 320 g/mol. The molecular formula is C19H22N2O4. The van der Waals surface area contributed by atoms with Crippen LogP contribution in [0.1, 0.15) is 25.3 Å². The van der Waals surface area contributed by atoms with E-state index in [9.17, 15) is 9.59 Å². The molecule has 0 atom stereocenters. The van der Waals surface area contributed by atoms with Gasteiger partial charge < -0.3 is 20.1 Å². The number of amides is 2. The predicted octanol–water partition coefficient (Wildman–Crippen LogP) is 3.40. The molecule has 2 rings (SSSR count). The lowest BCUT2D eigenvalue weighted by atomic mass is 10.0. The summed E-state index contributed by atoms with van der Waals surface area (Å²) in [6.07, 6.45) is 0. The third-order valence-corrected chi connectivity index (χ3v) is 3.68. The average Bonchev–Trinajstić information content (AvgIpc) is 2.61. The predicted molar refractivity (Wildman–Crippen MR) is 97.3 cm³/mol. The van der Waals surface area contributed by atoms with Gasteiger partial charge in [0.25, 0.3) is 0 Å². The maximum Gasteiger partial charge on any atom is 0.314 e. The Labute approximate surface area is 147 Å². The third-order valence-electron chi connectivity index (χ3n) is 3.68. The SMILES string of the molecule is COc1ccc(NC(=O)C(=O)Nc2ccc(C(C)C)cc2)cc1OC. The number of carbonyl (C=O) groups is 2. The molecule has 132 valence electrons. The minimum Gasteiger partial charge on any atom is -0.493 e. The quantitative estimate of drug-likeness (QED) is 0.817. The largest absolute Gasteiger partial charge is 0.493 e. The number of carbonyl (C=O) groups excluding carboxylic acids is 2. The first-order chi connectivity index (χ1) is 11.9. The first-order valence-corrected chi connectivity index (χ1v) is 7.89. The van der Waals surface area contributed by atoms with Crippen LogP contribution in [0.3, 0.4) is 0 Å². The van der Waals surface area contributed by atoms with E-state index in [1.54, 1.807) is 30.3 Å². The van der Waals surface area contributed by atoms with E-state index in [1.807, 2.05) is 12.1 Å². The van der Waals surface area contributed by atoms with E-state index in [2.05, 4.69) is 24.5 Å². The molecule has 2 amide bonds. The third kappa shape index (κ3) is 4.73. The Kier molecular flexibility index (Phi) is 6.00. The van der Waals surface area contributed by atoms with Crippen LogP contribution in [0.15, 0.2) is 42.5 Å². The number of hydrogen-bond donors (Lipinski definition) is 2. The standard InChI is InChI=1S/C19H22N2O4/c1-12(2)13-5-7-14(8-6-13)20-18(22)19(23)21-15-9-10-16(24-3)17(11-15)25-4/h5-12H,1-4H3,(H,20,22)(H,21,23). The second-order valence-electron chi connectivity index (χ2n) is 5.75. The van der Waals surface area contributed by atoms with Crippen LogP contribution in [0.2, 0.25) is 0 Å². The molecule has 0 saturated carbocycles. The molecule has 0 aromatic heterocycles. The first-order valence-electron chi connectivity index (χ1n) is 7.89. The second kappa shape index (κ2) is 8.19. The molecule has 0 heterocycles.